The molecule has 0 saturated carbocycles. The summed E-state index contributed by atoms with van der Waals surface area (Å²) in [6.07, 6.45) is 0.226. The third-order valence-corrected chi connectivity index (χ3v) is 6.37. The Labute approximate surface area is 197 Å². The Hall–Kier alpha value is -3.76. The Kier molecular flexibility index (Phi) is 7.64. The molecule has 3 rings (SSSR count). The van der Waals surface area contributed by atoms with E-state index in [2.05, 4.69) is 10.0 Å². The molecule has 2 N–H and O–H groups in total. The molecular formula is C24H24N2O7S. The van der Waals surface area contributed by atoms with Gasteiger partial charge in [-0.2, -0.15) is 0 Å². The molecule has 0 aliphatic rings. The summed E-state index contributed by atoms with van der Waals surface area (Å²) in [5.41, 5.74) is 1.11. The van der Waals surface area contributed by atoms with Crippen LogP contribution in [0.1, 0.15) is 45.9 Å². The second-order valence-electron chi connectivity index (χ2n) is 7.52. The number of amides is 1. The molecule has 3 aromatic rings. The van der Waals surface area contributed by atoms with Gasteiger partial charge in [0.2, 0.25) is 10.0 Å². The molecule has 34 heavy (non-hydrogen) atoms. The topological polar surface area (TPSA) is 132 Å². The number of aryl methyl sites for hydroxylation is 1. The zero-order chi connectivity index (χ0) is 24.9. The van der Waals surface area contributed by atoms with Crippen LogP contribution in [0.3, 0.4) is 0 Å². The van der Waals surface area contributed by atoms with E-state index in [1.165, 1.54) is 38.3 Å². The molecule has 178 valence electrons. The van der Waals surface area contributed by atoms with Crippen LogP contribution in [0.15, 0.2) is 70.2 Å². The standard InChI is InChI=1S/C24H24N2O7S/c1-15-10-11-19(34(30,31)25-14-18-7-6-12-32-18)13-21(15)24(29)33-17(3)23(28)26-22-9-5-4-8-20(22)16(2)27/h4-13,17,25H,14H2,1-3H3,(H,26,28). The van der Waals surface area contributed by atoms with Gasteiger partial charge in [0.15, 0.2) is 11.9 Å². The van der Waals surface area contributed by atoms with E-state index in [4.69, 9.17) is 9.15 Å². The number of hydrogen-bond donors (Lipinski definition) is 2. The number of sulfonamides is 1. The fraction of sp³-hybridized carbons (Fsp3) is 0.208. The number of anilines is 1. The first kappa shape index (κ1) is 24.9. The van der Waals surface area contributed by atoms with E-state index in [0.717, 1.165) is 0 Å². The minimum Gasteiger partial charge on any atom is -0.468 e. The highest BCUT2D eigenvalue weighted by Gasteiger charge is 2.23. The molecule has 0 radical (unpaired) electrons. The van der Waals surface area contributed by atoms with Crippen molar-refractivity contribution in [2.45, 2.75) is 38.3 Å². The third kappa shape index (κ3) is 5.97. The van der Waals surface area contributed by atoms with Gasteiger partial charge < -0.3 is 14.5 Å². The van der Waals surface area contributed by atoms with E-state index in [9.17, 15) is 22.8 Å². The number of hydrogen-bond acceptors (Lipinski definition) is 7. The Morgan fingerprint density at radius 2 is 1.76 bits per heavy atom. The van der Waals surface area contributed by atoms with Crippen LogP contribution in [0.4, 0.5) is 5.69 Å². The fourth-order valence-electron chi connectivity index (χ4n) is 3.06. The number of para-hydroxylation sites is 1. The zero-order valence-corrected chi connectivity index (χ0v) is 19.6. The van der Waals surface area contributed by atoms with E-state index in [0.29, 0.717) is 22.6 Å². The van der Waals surface area contributed by atoms with Crippen LogP contribution in [0.5, 0.6) is 0 Å². The highest BCUT2D eigenvalue weighted by Crippen LogP contribution is 2.19. The molecule has 10 heteroatoms. The molecule has 0 spiro atoms. The van der Waals surface area contributed by atoms with Gasteiger partial charge >= 0.3 is 5.97 Å². The number of ether oxygens (including phenoxy) is 1. The molecule has 1 atom stereocenters. The maximum atomic E-state index is 12.7. The van der Waals surface area contributed by atoms with Crippen molar-refractivity contribution < 1.29 is 32.0 Å². The van der Waals surface area contributed by atoms with Crippen LogP contribution < -0.4 is 10.0 Å². The number of benzene rings is 2. The molecule has 2 aromatic carbocycles. The van der Waals surface area contributed by atoms with Crippen LogP contribution in [0, 0.1) is 6.92 Å². The predicted molar refractivity (Wildman–Crippen MR) is 124 cm³/mol. The van der Waals surface area contributed by atoms with Gasteiger partial charge in [0.05, 0.1) is 29.0 Å². The van der Waals surface area contributed by atoms with E-state index < -0.39 is 28.0 Å². The SMILES string of the molecule is CC(=O)c1ccccc1NC(=O)C(C)OC(=O)c1cc(S(=O)(=O)NCc2ccco2)ccc1C. The molecule has 0 fully saturated rings. The number of furan rings is 1. The van der Waals surface area contributed by atoms with Crippen molar-refractivity contribution in [1.29, 1.82) is 0 Å². The second-order valence-corrected chi connectivity index (χ2v) is 9.29. The monoisotopic (exact) mass is 484 g/mol. The van der Waals surface area contributed by atoms with Crippen LogP contribution in [0.2, 0.25) is 0 Å². The largest absolute Gasteiger partial charge is 0.468 e. The normalized spacial score (nSPS) is 12.1. The third-order valence-electron chi connectivity index (χ3n) is 4.97. The first-order valence-corrected chi connectivity index (χ1v) is 11.8. The van der Waals surface area contributed by atoms with Crippen LogP contribution in [0.25, 0.3) is 0 Å². The van der Waals surface area contributed by atoms with Crippen LogP contribution in [-0.2, 0) is 26.1 Å². The van der Waals surface area contributed by atoms with Crippen molar-refractivity contribution in [1.82, 2.24) is 4.72 Å². The molecule has 1 amide bonds. The zero-order valence-electron chi connectivity index (χ0n) is 18.8. The van der Waals surface area contributed by atoms with Gasteiger partial charge in [0.1, 0.15) is 5.76 Å². The smallest absolute Gasteiger partial charge is 0.339 e. The Bertz CT molecular complexity index is 1310. The number of carbonyl (C=O) groups is 3. The number of carbonyl (C=O) groups excluding carboxylic acids is 3. The van der Waals surface area contributed by atoms with Crippen molar-refractivity contribution >= 4 is 33.4 Å². The van der Waals surface area contributed by atoms with Crippen molar-refractivity contribution in [2.24, 2.45) is 0 Å². The summed E-state index contributed by atoms with van der Waals surface area (Å²) >= 11 is 0. The number of rotatable bonds is 9. The van der Waals surface area contributed by atoms with Crippen LogP contribution in [-0.4, -0.2) is 32.2 Å². The highest BCUT2D eigenvalue weighted by atomic mass is 32.2. The maximum Gasteiger partial charge on any atom is 0.339 e. The molecular weight excluding hydrogens is 460 g/mol. The molecule has 1 heterocycles. The molecule has 9 nitrogen and oxygen atoms in total. The maximum absolute atomic E-state index is 12.7. The molecule has 0 bridgehead atoms. The average Bonchev–Trinajstić information content (AvgIpc) is 3.32. The lowest BCUT2D eigenvalue weighted by molar-refractivity contribution is -0.123. The average molecular weight is 485 g/mol. The minimum atomic E-state index is -3.94. The van der Waals surface area contributed by atoms with Gasteiger partial charge in [0, 0.05) is 5.56 Å². The van der Waals surface area contributed by atoms with E-state index in [1.54, 1.807) is 43.3 Å². The summed E-state index contributed by atoms with van der Waals surface area (Å²) in [4.78, 5) is 36.9. The fourth-order valence-corrected chi connectivity index (χ4v) is 4.08. The van der Waals surface area contributed by atoms with Gasteiger partial charge in [-0.15, -0.1) is 0 Å². The predicted octanol–water partition coefficient (Wildman–Crippen LogP) is 3.45. The number of nitrogens with one attached hydrogen (secondary N) is 2. The second kappa shape index (κ2) is 10.4. The van der Waals surface area contributed by atoms with E-state index >= 15 is 0 Å². The van der Waals surface area contributed by atoms with Gasteiger partial charge in [0.25, 0.3) is 5.91 Å². The first-order valence-electron chi connectivity index (χ1n) is 10.3. The van der Waals surface area contributed by atoms with Crippen molar-refractivity contribution in [3.8, 4) is 0 Å². The lowest BCUT2D eigenvalue weighted by Crippen LogP contribution is -2.31. The summed E-state index contributed by atoms with van der Waals surface area (Å²) in [6, 6.07) is 13.8. The van der Waals surface area contributed by atoms with Gasteiger partial charge in [-0.05, 0) is 62.7 Å². The van der Waals surface area contributed by atoms with Gasteiger partial charge in [-0.3, -0.25) is 9.59 Å². The summed E-state index contributed by atoms with van der Waals surface area (Å²) in [5, 5.41) is 2.58. The summed E-state index contributed by atoms with van der Waals surface area (Å²) in [5.74, 6) is -1.29. The molecule has 1 unspecified atom stereocenters. The van der Waals surface area contributed by atoms with Crippen molar-refractivity contribution in [3.63, 3.8) is 0 Å². The van der Waals surface area contributed by atoms with Gasteiger partial charge in [-0.25, -0.2) is 17.9 Å². The highest BCUT2D eigenvalue weighted by molar-refractivity contribution is 7.89. The van der Waals surface area contributed by atoms with Crippen LogP contribution >= 0.6 is 0 Å². The van der Waals surface area contributed by atoms with Crippen molar-refractivity contribution in [3.05, 3.63) is 83.3 Å². The Balaban J connectivity index is 1.71. The van der Waals surface area contributed by atoms with Crippen molar-refractivity contribution in [2.75, 3.05) is 5.32 Å². The summed E-state index contributed by atoms with van der Waals surface area (Å²) < 4.78 is 38.1. The minimum absolute atomic E-state index is 0.00431. The first-order chi connectivity index (χ1) is 16.1. The summed E-state index contributed by atoms with van der Waals surface area (Å²) in [6.45, 7) is 4.32. The van der Waals surface area contributed by atoms with Gasteiger partial charge in [-0.1, -0.05) is 18.2 Å². The molecule has 0 aliphatic heterocycles. The summed E-state index contributed by atoms with van der Waals surface area (Å²) in [7, 11) is -3.94. The number of esters is 1. The molecule has 0 saturated heterocycles. The Morgan fingerprint density at radius 1 is 1.03 bits per heavy atom. The number of Topliss-reactive ketones (excluding diaryl/α,β-unsaturated/α-hetero) is 1. The quantitative estimate of drug-likeness (QED) is 0.351. The Morgan fingerprint density at radius 3 is 2.44 bits per heavy atom. The molecule has 0 aliphatic carbocycles. The lowest BCUT2D eigenvalue weighted by Gasteiger charge is -2.16. The number of ketones is 1. The van der Waals surface area contributed by atoms with E-state index in [1.807, 2.05) is 0 Å². The molecule has 1 aromatic heterocycles. The lowest BCUT2D eigenvalue weighted by atomic mass is 10.1. The van der Waals surface area contributed by atoms with E-state index in [-0.39, 0.29) is 22.8 Å².